The number of thiophene rings is 1. The molecule has 2 nitrogen and oxygen atoms in total. The highest BCUT2D eigenvalue weighted by atomic mass is 32.1. The second kappa shape index (κ2) is 2.81. The minimum Gasteiger partial charge on any atom is -0.370 e. The van der Waals surface area contributed by atoms with Gasteiger partial charge in [-0.3, -0.25) is 0 Å². The third-order valence-electron chi connectivity index (χ3n) is 3.40. The molecular formula is C11H15NOS. The number of rotatable bonds is 1. The summed E-state index contributed by atoms with van der Waals surface area (Å²) in [6, 6.07) is 2.37. The standard InChI is InChI=1S/C11H15NOS/c1-7(12)9-10-8(2-5-14-10)11(3-4-11)6-13-9/h2,5,7,9H,3-4,6,12H2,1H3. The molecular weight excluding hydrogens is 194 g/mol. The molecule has 3 heteroatoms. The van der Waals surface area contributed by atoms with Crippen LogP contribution in [0.15, 0.2) is 11.4 Å². The lowest BCUT2D eigenvalue weighted by Crippen LogP contribution is -2.34. The van der Waals surface area contributed by atoms with E-state index in [0.29, 0.717) is 5.41 Å². The van der Waals surface area contributed by atoms with Crippen LogP contribution in [0.2, 0.25) is 0 Å². The minimum atomic E-state index is 0.100. The summed E-state index contributed by atoms with van der Waals surface area (Å²) in [5.74, 6) is 0. The Morgan fingerprint density at radius 1 is 1.64 bits per heavy atom. The molecule has 1 saturated carbocycles. The monoisotopic (exact) mass is 209 g/mol. The van der Waals surface area contributed by atoms with Crippen molar-refractivity contribution in [1.29, 1.82) is 0 Å². The maximum absolute atomic E-state index is 5.93. The second-order valence-electron chi connectivity index (χ2n) is 4.57. The third kappa shape index (κ3) is 1.09. The summed E-state index contributed by atoms with van der Waals surface area (Å²) >= 11 is 1.80. The fourth-order valence-electron chi connectivity index (χ4n) is 2.34. The van der Waals surface area contributed by atoms with Gasteiger partial charge in [0.2, 0.25) is 0 Å². The van der Waals surface area contributed by atoms with Crippen LogP contribution in [0.1, 0.15) is 36.3 Å². The summed E-state index contributed by atoms with van der Waals surface area (Å²) in [4.78, 5) is 1.38. The summed E-state index contributed by atoms with van der Waals surface area (Å²) in [5.41, 5.74) is 7.85. The molecule has 0 amide bonds. The molecule has 1 spiro atoms. The van der Waals surface area contributed by atoms with Gasteiger partial charge in [-0.05, 0) is 36.8 Å². The normalized spacial score (nSPS) is 30.0. The van der Waals surface area contributed by atoms with Crippen molar-refractivity contribution < 1.29 is 4.74 Å². The first-order valence-corrected chi connectivity index (χ1v) is 6.06. The molecule has 1 aliphatic heterocycles. The van der Waals surface area contributed by atoms with Crippen molar-refractivity contribution in [2.75, 3.05) is 6.61 Å². The van der Waals surface area contributed by atoms with Crippen molar-refractivity contribution in [1.82, 2.24) is 0 Å². The molecule has 1 aliphatic carbocycles. The van der Waals surface area contributed by atoms with E-state index >= 15 is 0 Å². The van der Waals surface area contributed by atoms with Crippen molar-refractivity contribution in [3.05, 3.63) is 21.9 Å². The number of hydrogen-bond donors (Lipinski definition) is 1. The van der Waals surface area contributed by atoms with Crippen LogP contribution in [-0.2, 0) is 10.2 Å². The van der Waals surface area contributed by atoms with E-state index in [2.05, 4.69) is 11.4 Å². The van der Waals surface area contributed by atoms with Crippen LogP contribution in [0.4, 0.5) is 0 Å². The summed E-state index contributed by atoms with van der Waals surface area (Å²) in [6.45, 7) is 2.90. The highest BCUT2D eigenvalue weighted by Crippen LogP contribution is 2.55. The third-order valence-corrected chi connectivity index (χ3v) is 4.37. The Morgan fingerprint density at radius 3 is 3.07 bits per heavy atom. The number of ether oxygens (including phenoxy) is 1. The molecule has 0 aromatic carbocycles. The maximum atomic E-state index is 5.93. The molecule has 14 heavy (non-hydrogen) atoms. The second-order valence-corrected chi connectivity index (χ2v) is 5.52. The lowest BCUT2D eigenvalue weighted by molar-refractivity contribution is 0.0122. The van der Waals surface area contributed by atoms with Gasteiger partial charge in [-0.25, -0.2) is 0 Å². The van der Waals surface area contributed by atoms with Crippen LogP contribution in [0.25, 0.3) is 0 Å². The number of fused-ring (bicyclic) bond motifs is 2. The molecule has 2 atom stereocenters. The molecule has 2 heterocycles. The zero-order valence-corrected chi connectivity index (χ0v) is 9.14. The Balaban J connectivity index is 2.04. The molecule has 0 radical (unpaired) electrons. The molecule has 2 aliphatic rings. The molecule has 76 valence electrons. The van der Waals surface area contributed by atoms with E-state index in [1.165, 1.54) is 23.3 Å². The molecule has 2 N–H and O–H groups in total. The van der Waals surface area contributed by atoms with Crippen LogP contribution in [0.3, 0.4) is 0 Å². The van der Waals surface area contributed by atoms with E-state index in [0.717, 1.165) is 6.61 Å². The van der Waals surface area contributed by atoms with E-state index in [1.807, 2.05) is 6.92 Å². The fraction of sp³-hybridized carbons (Fsp3) is 0.636. The Morgan fingerprint density at radius 2 is 2.43 bits per heavy atom. The van der Waals surface area contributed by atoms with Crippen LogP contribution >= 0.6 is 11.3 Å². The lowest BCUT2D eigenvalue weighted by Gasteiger charge is -2.31. The largest absolute Gasteiger partial charge is 0.370 e. The first-order valence-electron chi connectivity index (χ1n) is 5.18. The summed E-state index contributed by atoms with van der Waals surface area (Å²) in [6.07, 6.45) is 2.72. The predicted molar refractivity (Wildman–Crippen MR) is 57.6 cm³/mol. The average Bonchev–Trinajstić information content (AvgIpc) is 2.75. The van der Waals surface area contributed by atoms with Gasteiger partial charge in [0.1, 0.15) is 6.10 Å². The lowest BCUT2D eigenvalue weighted by atomic mass is 9.91. The summed E-state index contributed by atoms with van der Waals surface area (Å²) in [7, 11) is 0. The Bertz CT molecular complexity index is 354. The first kappa shape index (κ1) is 8.89. The first-order chi connectivity index (χ1) is 6.73. The quantitative estimate of drug-likeness (QED) is 0.769. The SMILES string of the molecule is CC(N)C1OCC2(CC2)c2ccsc21. The van der Waals surface area contributed by atoms with Crippen molar-refractivity contribution in [2.24, 2.45) is 5.73 Å². The average molecular weight is 209 g/mol. The molecule has 1 aromatic rings. The number of nitrogens with two attached hydrogens (primary N) is 1. The van der Waals surface area contributed by atoms with Gasteiger partial charge >= 0.3 is 0 Å². The van der Waals surface area contributed by atoms with Gasteiger partial charge in [0.05, 0.1) is 6.61 Å². The van der Waals surface area contributed by atoms with Gasteiger partial charge in [0, 0.05) is 16.3 Å². The van der Waals surface area contributed by atoms with Crippen LogP contribution < -0.4 is 5.73 Å². The van der Waals surface area contributed by atoms with Crippen LogP contribution in [0.5, 0.6) is 0 Å². The van der Waals surface area contributed by atoms with Gasteiger partial charge in [-0.1, -0.05) is 0 Å². The highest BCUT2D eigenvalue weighted by molar-refractivity contribution is 7.10. The van der Waals surface area contributed by atoms with E-state index in [4.69, 9.17) is 10.5 Å². The predicted octanol–water partition coefficient (Wildman–Crippen LogP) is 2.20. The molecule has 3 rings (SSSR count). The molecule has 0 bridgehead atoms. The van der Waals surface area contributed by atoms with Crippen molar-refractivity contribution in [3.63, 3.8) is 0 Å². The van der Waals surface area contributed by atoms with Gasteiger partial charge in [0.15, 0.2) is 0 Å². The van der Waals surface area contributed by atoms with Crippen molar-refractivity contribution >= 4 is 11.3 Å². The highest BCUT2D eigenvalue weighted by Gasteiger charge is 2.50. The zero-order chi connectivity index (χ0) is 9.76. The van der Waals surface area contributed by atoms with Gasteiger partial charge in [-0.2, -0.15) is 0 Å². The summed E-state index contributed by atoms with van der Waals surface area (Å²) in [5, 5.41) is 2.18. The van der Waals surface area contributed by atoms with Crippen LogP contribution in [0, 0.1) is 0 Å². The van der Waals surface area contributed by atoms with Gasteiger partial charge in [0.25, 0.3) is 0 Å². The zero-order valence-electron chi connectivity index (χ0n) is 8.32. The number of hydrogen-bond acceptors (Lipinski definition) is 3. The smallest absolute Gasteiger partial charge is 0.107 e. The molecule has 1 fully saturated rings. The fourth-order valence-corrected chi connectivity index (χ4v) is 3.52. The Labute approximate surface area is 88.1 Å². The molecule has 1 aromatic heterocycles. The summed E-state index contributed by atoms with van der Waals surface area (Å²) < 4.78 is 5.89. The minimum absolute atomic E-state index is 0.100. The maximum Gasteiger partial charge on any atom is 0.107 e. The van der Waals surface area contributed by atoms with Crippen molar-refractivity contribution in [2.45, 2.75) is 37.3 Å². The molecule has 0 saturated heterocycles. The van der Waals surface area contributed by atoms with Gasteiger partial charge in [-0.15, -0.1) is 11.3 Å². The van der Waals surface area contributed by atoms with E-state index < -0.39 is 0 Å². The van der Waals surface area contributed by atoms with E-state index in [1.54, 1.807) is 11.3 Å². The van der Waals surface area contributed by atoms with Gasteiger partial charge < -0.3 is 10.5 Å². The van der Waals surface area contributed by atoms with E-state index in [9.17, 15) is 0 Å². The van der Waals surface area contributed by atoms with E-state index in [-0.39, 0.29) is 12.1 Å². The van der Waals surface area contributed by atoms with Crippen molar-refractivity contribution in [3.8, 4) is 0 Å². The Hall–Kier alpha value is -0.380. The molecule has 2 unspecified atom stereocenters. The Kier molecular flexibility index (Phi) is 1.79. The van der Waals surface area contributed by atoms with Crippen LogP contribution in [-0.4, -0.2) is 12.6 Å². The topological polar surface area (TPSA) is 35.2 Å².